The van der Waals surface area contributed by atoms with Gasteiger partial charge >= 0.3 is 0 Å². The largest absolute Gasteiger partial charge is 0.339 e. The lowest BCUT2D eigenvalue weighted by molar-refractivity contribution is 0.122. The first kappa shape index (κ1) is 13.0. The topological polar surface area (TPSA) is 77.8 Å². The van der Waals surface area contributed by atoms with E-state index < -0.39 is 0 Å². The van der Waals surface area contributed by atoms with E-state index in [-0.39, 0.29) is 0 Å². The van der Waals surface area contributed by atoms with Crippen molar-refractivity contribution in [1.29, 1.82) is 0 Å². The van der Waals surface area contributed by atoms with Crippen LogP contribution in [0.15, 0.2) is 29.0 Å². The summed E-state index contributed by atoms with van der Waals surface area (Å²) in [7, 11) is 0. The molecule has 2 unspecified atom stereocenters. The van der Waals surface area contributed by atoms with Crippen LogP contribution in [0.5, 0.6) is 0 Å². The minimum absolute atomic E-state index is 0.373. The molecule has 2 heterocycles. The second kappa shape index (κ2) is 5.22. The highest BCUT2D eigenvalue weighted by molar-refractivity contribution is 5.52. The highest BCUT2D eigenvalue weighted by Gasteiger charge is 2.40. The molecule has 2 bridgehead atoms. The Hall–Kier alpha value is -1.75. The van der Waals surface area contributed by atoms with E-state index in [9.17, 15) is 0 Å². The Morgan fingerprint density at radius 2 is 1.81 bits per heavy atom. The van der Waals surface area contributed by atoms with Crippen molar-refractivity contribution in [2.75, 3.05) is 0 Å². The van der Waals surface area contributed by atoms with Crippen molar-refractivity contribution in [2.24, 2.45) is 17.6 Å². The molecule has 0 radical (unpaired) electrons. The van der Waals surface area contributed by atoms with Crippen LogP contribution in [0.3, 0.4) is 0 Å². The van der Waals surface area contributed by atoms with Gasteiger partial charge in [-0.1, -0.05) is 11.6 Å². The lowest BCUT2D eigenvalue weighted by Gasteiger charge is -2.43. The summed E-state index contributed by atoms with van der Waals surface area (Å²) in [6, 6.07) is 4.18. The molecule has 2 aliphatic carbocycles. The molecule has 110 valence electrons. The van der Waals surface area contributed by atoms with E-state index in [0.29, 0.717) is 29.6 Å². The average molecular weight is 284 g/mol. The summed E-state index contributed by atoms with van der Waals surface area (Å²) in [5.41, 5.74) is 7.30. The van der Waals surface area contributed by atoms with Crippen LogP contribution in [-0.2, 0) is 0 Å². The van der Waals surface area contributed by atoms with Crippen LogP contribution in [0.1, 0.15) is 43.9 Å². The van der Waals surface area contributed by atoms with Crippen LogP contribution in [0, 0.1) is 11.8 Å². The molecule has 0 aromatic carbocycles. The molecule has 2 fully saturated rings. The SMILES string of the molecule is NC1C2CCCC1CC(c1nc(-c3ccncc3)no1)C2. The Labute approximate surface area is 124 Å². The summed E-state index contributed by atoms with van der Waals surface area (Å²) in [6.07, 6.45) is 9.50. The third kappa shape index (κ3) is 2.35. The maximum atomic E-state index is 6.35. The summed E-state index contributed by atoms with van der Waals surface area (Å²) >= 11 is 0. The number of fused-ring (bicyclic) bond motifs is 2. The quantitative estimate of drug-likeness (QED) is 0.917. The summed E-state index contributed by atoms with van der Waals surface area (Å²) in [4.78, 5) is 8.62. The predicted molar refractivity (Wildman–Crippen MR) is 78.3 cm³/mol. The van der Waals surface area contributed by atoms with Gasteiger partial charge in [-0.05, 0) is 49.7 Å². The van der Waals surface area contributed by atoms with Gasteiger partial charge < -0.3 is 10.3 Å². The van der Waals surface area contributed by atoms with Crippen LogP contribution >= 0.6 is 0 Å². The standard InChI is InChI=1S/C16H20N4O/c17-14-11-2-1-3-12(14)9-13(8-11)16-19-15(20-21-16)10-4-6-18-7-5-10/h4-7,11-14H,1-3,8-9,17H2. The first-order valence-corrected chi connectivity index (χ1v) is 7.81. The maximum Gasteiger partial charge on any atom is 0.230 e. The number of nitrogens with two attached hydrogens (primary N) is 1. The van der Waals surface area contributed by atoms with Gasteiger partial charge in [0, 0.05) is 29.9 Å². The fraction of sp³-hybridized carbons (Fsp3) is 0.562. The van der Waals surface area contributed by atoms with Crippen molar-refractivity contribution >= 4 is 0 Å². The van der Waals surface area contributed by atoms with Gasteiger partial charge in [-0.15, -0.1) is 0 Å². The second-order valence-electron chi connectivity index (χ2n) is 6.39. The Bertz CT molecular complexity index is 598. The molecule has 0 aliphatic heterocycles. The third-order valence-electron chi connectivity index (χ3n) is 5.14. The highest BCUT2D eigenvalue weighted by atomic mass is 16.5. The molecule has 2 atom stereocenters. The highest BCUT2D eigenvalue weighted by Crippen LogP contribution is 2.45. The molecule has 5 nitrogen and oxygen atoms in total. The zero-order valence-corrected chi connectivity index (χ0v) is 12.0. The molecule has 4 rings (SSSR count). The molecule has 0 spiro atoms. The minimum Gasteiger partial charge on any atom is -0.339 e. The van der Waals surface area contributed by atoms with E-state index in [0.717, 1.165) is 24.3 Å². The van der Waals surface area contributed by atoms with Crippen LogP contribution in [0.25, 0.3) is 11.4 Å². The first-order valence-electron chi connectivity index (χ1n) is 7.81. The normalized spacial score (nSPS) is 32.0. The monoisotopic (exact) mass is 284 g/mol. The second-order valence-corrected chi connectivity index (χ2v) is 6.39. The number of pyridine rings is 1. The van der Waals surface area contributed by atoms with E-state index in [4.69, 9.17) is 10.3 Å². The summed E-state index contributed by atoms with van der Waals surface area (Å²) in [5, 5.41) is 4.13. The van der Waals surface area contributed by atoms with Crippen molar-refractivity contribution in [3.8, 4) is 11.4 Å². The van der Waals surface area contributed by atoms with Crippen molar-refractivity contribution in [2.45, 2.75) is 44.1 Å². The Morgan fingerprint density at radius 3 is 2.52 bits per heavy atom. The molecule has 2 N–H and O–H groups in total. The predicted octanol–water partition coefficient (Wildman–Crippen LogP) is 2.75. The zero-order chi connectivity index (χ0) is 14.2. The molecule has 21 heavy (non-hydrogen) atoms. The molecule has 5 heteroatoms. The Balaban J connectivity index is 1.56. The van der Waals surface area contributed by atoms with E-state index >= 15 is 0 Å². The molecule has 2 aliphatic rings. The van der Waals surface area contributed by atoms with Gasteiger partial charge in [0.2, 0.25) is 11.7 Å². The van der Waals surface area contributed by atoms with Crippen LogP contribution in [-0.4, -0.2) is 21.2 Å². The van der Waals surface area contributed by atoms with E-state index in [1.165, 1.54) is 19.3 Å². The van der Waals surface area contributed by atoms with Gasteiger partial charge in [0.05, 0.1) is 0 Å². The van der Waals surface area contributed by atoms with Gasteiger partial charge in [0.25, 0.3) is 0 Å². The van der Waals surface area contributed by atoms with Gasteiger partial charge in [0.1, 0.15) is 0 Å². The van der Waals surface area contributed by atoms with E-state index in [2.05, 4.69) is 15.1 Å². The Morgan fingerprint density at radius 1 is 1.10 bits per heavy atom. The number of nitrogens with zero attached hydrogens (tertiary/aromatic N) is 3. The molecular weight excluding hydrogens is 264 g/mol. The van der Waals surface area contributed by atoms with Crippen molar-refractivity contribution in [3.05, 3.63) is 30.4 Å². The molecule has 2 aromatic rings. The molecule has 2 aromatic heterocycles. The van der Waals surface area contributed by atoms with Gasteiger partial charge in [-0.25, -0.2) is 0 Å². The summed E-state index contributed by atoms with van der Waals surface area (Å²) < 4.78 is 5.54. The molecule has 2 saturated carbocycles. The maximum absolute atomic E-state index is 6.35. The first-order chi connectivity index (χ1) is 10.3. The summed E-state index contributed by atoms with van der Waals surface area (Å²) in [6.45, 7) is 0. The fourth-order valence-electron chi connectivity index (χ4n) is 4.01. The number of rotatable bonds is 2. The van der Waals surface area contributed by atoms with Gasteiger partial charge in [-0.2, -0.15) is 4.98 Å². The van der Waals surface area contributed by atoms with E-state index in [1.54, 1.807) is 12.4 Å². The summed E-state index contributed by atoms with van der Waals surface area (Å²) in [5.74, 6) is 3.07. The van der Waals surface area contributed by atoms with Gasteiger partial charge in [0.15, 0.2) is 0 Å². The van der Waals surface area contributed by atoms with Crippen LogP contribution < -0.4 is 5.73 Å². The number of aromatic nitrogens is 3. The number of hydrogen-bond donors (Lipinski definition) is 1. The molecule has 0 amide bonds. The third-order valence-corrected chi connectivity index (χ3v) is 5.14. The fourth-order valence-corrected chi connectivity index (χ4v) is 4.01. The zero-order valence-electron chi connectivity index (χ0n) is 12.0. The average Bonchev–Trinajstić information content (AvgIpc) is 2.98. The molecular formula is C16H20N4O. The lowest BCUT2D eigenvalue weighted by atomic mass is 9.65. The van der Waals surface area contributed by atoms with Crippen molar-refractivity contribution in [1.82, 2.24) is 15.1 Å². The Kier molecular flexibility index (Phi) is 3.22. The smallest absolute Gasteiger partial charge is 0.230 e. The minimum atomic E-state index is 0.373. The van der Waals surface area contributed by atoms with Crippen molar-refractivity contribution < 1.29 is 4.52 Å². The number of hydrogen-bond acceptors (Lipinski definition) is 5. The van der Waals surface area contributed by atoms with Crippen LogP contribution in [0.2, 0.25) is 0 Å². The lowest BCUT2D eigenvalue weighted by Crippen LogP contribution is -2.45. The van der Waals surface area contributed by atoms with Gasteiger partial charge in [-0.3, -0.25) is 4.98 Å². The molecule has 0 saturated heterocycles. The van der Waals surface area contributed by atoms with Crippen LogP contribution in [0.4, 0.5) is 0 Å². The van der Waals surface area contributed by atoms with Crippen molar-refractivity contribution in [3.63, 3.8) is 0 Å². The van der Waals surface area contributed by atoms with E-state index in [1.807, 2.05) is 12.1 Å².